The van der Waals surface area contributed by atoms with E-state index in [1.165, 1.54) is 31.4 Å². The molecule has 0 amide bonds. The van der Waals surface area contributed by atoms with Gasteiger partial charge in [-0.25, -0.2) is 0 Å². The topological polar surface area (TPSA) is 18.5 Å². The lowest BCUT2D eigenvalue weighted by molar-refractivity contribution is -0.0772. The van der Waals surface area contributed by atoms with Crippen LogP contribution >= 0.6 is 0 Å². The maximum atomic E-state index is 3.88. The van der Waals surface area contributed by atoms with Gasteiger partial charge in [-0.2, -0.15) is 0 Å². The summed E-state index contributed by atoms with van der Waals surface area (Å²) in [5.41, 5.74) is 1.43. The van der Waals surface area contributed by atoms with Crippen LogP contribution < -0.4 is 5.32 Å². The third kappa shape index (κ3) is 4.23. The third-order valence-corrected chi connectivity index (χ3v) is 4.47. The SMILES string of the molecule is CCCCCC(NC1=CC1)(N(CC)CC)N(CC)CC. The van der Waals surface area contributed by atoms with Crippen molar-refractivity contribution in [2.45, 2.75) is 72.5 Å². The second kappa shape index (κ2) is 8.68. The minimum absolute atomic E-state index is 0.0184. The first-order chi connectivity index (χ1) is 9.68. The van der Waals surface area contributed by atoms with Gasteiger partial charge in [0, 0.05) is 12.1 Å². The van der Waals surface area contributed by atoms with E-state index in [4.69, 9.17) is 0 Å². The Morgan fingerprint density at radius 3 is 1.80 bits per heavy atom. The van der Waals surface area contributed by atoms with E-state index in [1.807, 2.05) is 0 Å². The fourth-order valence-corrected chi connectivity index (χ4v) is 3.26. The Hall–Kier alpha value is -0.540. The Bertz CT molecular complexity index is 279. The van der Waals surface area contributed by atoms with Crippen molar-refractivity contribution in [1.29, 1.82) is 0 Å². The van der Waals surface area contributed by atoms with Crippen molar-refractivity contribution in [3.8, 4) is 0 Å². The first-order valence-electron chi connectivity index (χ1n) is 8.65. The smallest absolute Gasteiger partial charge is 0.148 e. The molecule has 0 bridgehead atoms. The Morgan fingerprint density at radius 1 is 0.950 bits per heavy atom. The van der Waals surface area contributed by atoms with Crippen LogP contribution in [0.3, 0.4) is 0 Å². The zero-order valence-electron chi connectivity index (χ0n) is 14.3. The van der Waals surface area contributed by atoms with Crippen molar-refractivity contribution >= 4 is 0 Å². The normalized spacial score (nSPS) is 14.8. The molecule has 20 heavy (non-hydrogen) atoms. The van der Waals surface area contributed by atoms with E-state index in [9.17, 15) is 0 Å². The molecule has 0 heterocycles. The highest BCUT2D eigenvalue weighted by atomic mass is 15.5. The summed E-state index contributed by atoms with van der Waals surface area (Å²) in [6, 6.07) is 0. The molecule has 1 aliphatic carbocycles. The van der Waals surface area contributed by atoms with Crippen LogP contribution in [0.2, 0.25) is 0 Å². The van der Waals surface area contributed by atoms with E-state index in [2.05, 4.69) is 55.8 Å². The molecule has 0 aromatic rings. The van der Waals surface area contributed by atoms with Crippen LogP contribution in [0.1, 0.15) is 66.7 Å². The summed E-state index contributed by atoms with van der Waals surface area (Å²) < 4.78 is 0. The van der Waals surface area contributed by atoms with Gasteiger partial charge in [0.1, 0.15) is 5.79 Å². The van der Waals surface area contributed by atoms with Gasteiger partial charge < -0.3 is 5.32 Å². The van der Waals surface area contributed by atoms with Crippen molar-refractivity contribution in [1.82, 2.24) is 15.1 Å². The Labute approximate surface area is 126 Å². The van der Waals surface area contributed by atoms with Crippen molar-refractivity contribution in [3.05, 3.63) is 11.8 Å². The number of hydrogen-bond acceptors (Lipinski definition) is 3. The van der Waals surface area contributed by atoms with Crippen LogP contribution in [0.15, 0.2) is 11.8 Å². The molecule has 1 N–H and O–H groups in total. The molecular weight excluding hydrogens is 246 g/mol. The van der Waals surface area contributed by atoms with E-state index < -0.39 is 0 Å². The number of unbranched alkanes of at least 4 members (excludes halogenated alkanes) is 2. The fraction of sp³-hybridized carbons (Fsp3) is 0.882. The quantitative estimate of drug-likeness (QED) is 0.434. The molecule has 1 aliphatic rings. The Balaban J connectivity index is 2.96. The van der Waals surface area contributed by atoms with E-state index in [0.29, 0.717) is 0 Å². The molecule has 0 saturated carbocycles. The molecule has 0 atom stereocenters. The maximum Gasteiger partial charge on any atom is 0.148 e. The predicted octanol–water partition coefficient (Wildman–Crippen LogP) is 3.78. The molecule has 118 valence electrons. The highest BCUT2D eigenvalue weighted by molar-refractivity contribution is 5.21. The maximum absolute atomic E-state index is 3.88. The van der Waals surface area contributed by atoms with Gasteiger partial charge in [0.25, 0.3) is 0 Å². The number of allylic oxidation sites excluding steroid dienone is 2. The molecule has 0 fully saturated rings. The molecule has 0 saturated heterocycles. The van der Waals surface area contributed by atoms with Crippen molar-refractivity contribution in [3.63, 3.8) is 0 Å². The standard InChI is InChI=1S/C17H35N3/c1-6-11-12-15-17(18-16-13-14-16,19(7-2)8-3)20(9-4)10-5/h13,18H,6-12,14-15H2,1-5H3. The number of nitrogens with zero attached hydrogens (tertiary/aromatic N) is 2. The number of rotatable bonds is 12. The van der Waals surface area contributed by atoms with Crippen molar-refractivity contribution in [2.24, 2.45) is 0 Å². The molecule has 0 aliphatic heterocycles. The van der Waals surface area contributed by atoms with Crippen LogP contribution in [-0.4, -0.2) is 41.8 Å². The Morgan fingerprint density at radius 2 is 1.45 bits per heavy atom. The highest BCUT2D eigenvalue weighted by Crippen LogP contribution is 2.29. The van der Waals surface area contributed by atoms with E-state index in [-0.39, 0.29) is 5.79 Å². The molecule has 1 rings (SSSR count). The van der Waals surface area contributed by atoms with Gasteiger partial charge in [-0.15, -0.1) is 0 Å². The molecule has 3 nitrogen and oxygen atoms in total. The van der Waals surface area contributed by atoms with E-state index in [1.54, 1.807) is 0 Å². The minimum Gasteiger partial charge on any atom is -0.358 e. The summed E-state index contributed by atoms with van der Waals surface area (Å²) in [6.45, 7) is 15.8. The summed E-state index contributed by atoms with van der Waals surface area (Å²) >= 11 is 0. The molecular formula is C17H35N3. The van der Waals surface area contributed by atoms with Gasteiger partial charge in [0.05, 0.1) is 0 Å². The zero-order valence-corrected chi connectivity index (χ0v) is 14.3. The van der Waals surface area contributed by atoms with Crippen LogP contribution in [0.5, 0.6) is 0 Å². The minimum atomic E-state index is 0.0184. The first kappa shape index (κ1) is 17.5. The van der Waals surface area contributed by atoms with Gasteiger partial charge in [-0.05, 0) is 39.0 Å². The predicted molar refractivity (Wildman–Crippen MR) is 88.6 cm³/mol. The molecule has 0 aromatic heterocycles. The van der Waals surface area contributed by atoms with Crippen LogP contribution in [0.4, 0.5) is 0 Å². The average molecular weight is 281 g/mol. The second-order valence-corrected chi connectivity index (χ2v) is 5.68. The summed E-state index contributed by atoms with van der Waals surface area (Å²) in [4.78, 5) is 5.21. The first-order valence-corrected chi connectivity index (χ1v) is 8.65. The molecule has 0 unspecified atom stereocenters. The van der Waals surface area contributed by atoms with Crippen LogP contribution in [0, 0.1) is 0 Å². The summed E-state index contributed by atoms with van der Waals surface area (Å²) in [6.07, 6.45) is 8.57. The molecule has 0 spiro atoms. The van der Waals surface area contributed by atoms with E-state index in [0.717, 1.165) is 32.6 Å². The summed E-state index contributed by atoms with van der Waals surface area (Å²) in [5, 5.41) is 3.88. The van der Waals surface area contributed by atoms with E-state index >= 15 is 0 Å². The number of nitrogens with one attached hydrogen (secondary N) is 1. The van der Waals surface area contributed by atoms with Crippen molar-refractivity contribution < 1.29 is 0 Å². The second-order valence-electron chi connectivity index (χ2n) is 5.68. The summed E-state index contributed by atoms with van der Waals surface area (Å²) in [5.74, 6) is 0.0184. The molecule has 0 aromatic carbocycles. The van der Waals surface area contributed by atoms with Gasteiger partial charge in [0.15, 0.2) is 0 Å². The van der Waals surface area contributed by atoms with Gasteiger partial charge in [0.2, 0.25) is 0 Å². The van der Waals surface area contributed by atoms with Gasteiger partial charge in [-0.1, -0.05) is 53.5 Å². The number of hydrogen-bond donors (Lipinski definition) is 1. The van der Waals surface area contributed by atoms with Crippen LogP contribution in [0.25, 0.3) is 0 Å². The largest absolute Gasteiger partial charge is 0.358 e. The average Bonchev–Trinajstić information content (AvgIpc) is 3.25. The lowest BCUT2D eigenvalue weighted by Crippen LogP contribution is -2.68. The highest BCUT2D eigenvalue weighted by Gasteiger charge is 2.40. The summed E-state index contributed by atoms with van der Waals surface area (Å²) in [7, 11) is 0. The lowest BCUT2D eigenvalue weighted by Gasteiger charge is -2.51. The monoisotopic (exact) mass is 281 g/mol. The van der Waals surface area contributed by atoms with Gasteiger partial charge >= 0.3 is 0 Å². The third-order valence-electron chi connectivity index (χ3n) is 4.47. The van der Waals surface area contributed by atoms with Crippen molar-refractivity contribution in [2.75, 3.05) is 26.2 Å². The fourth-order valence-electron chi connectivity index (χ4n) is 3.26. The molecule has 0 radical (unpaired) electrons. The zero-order chi connectivity index (χ0) is 15.0. The lowest BCUT2D eigenvalue weighted by atomic mass is 10.0. The Kier molecular flexibility index (Phi) is 7.60. The van der Waals surface area contributed by atoms with Gasteiger partial charge in [-0.3, -0.25) is 9.80 Å². The molecule has 3 heteroatoms. The van der Waals surface area contributed by atoms with Crippen LogP contribution in [-0.2, 0) is 0 Å².